The zero-order valence-electron chi connectivity index (χ0n) is 8.75. The lowest BCUT2D eigenvalue weighted by molar-refractivity contribution is 0.109. The first-order chi connectivity index (χ1) is 6.20. The van der Waals surface area contributed by atoms with Gasteiger partial charge in [-0.05, 0) is 18.8 Å². The minimum atomic E-state index is 0.265. The third kappa shape index (κ3) is 4.07. The van der Waals surface area contributed by atoms with E-state index in [9.17, 15) is 0 Å². The molecule has 1 saturated heterocycles. The standard InChI is InChI=1S/C10H22N2O/c1-8(2)10(11)7-12-6-9-4-3-5-13-9/h8-10,12H,3-7,11H2,1-2H3. The summed E-state index contributed by atoms with van der Waals surface area (Å²) in [5, 5.41) is 3.36. The van der Waals surface area contributed by atoms with Gasteiger partial charge in [0, 0.05) is 25.7 Å². The lowest BCUT2D eigenvalue weighted by atomic mass is 10.1. The Bertz CT molecular complexity index is 131. The SMILES string of the molecule is CC(C)C(N)CNCC1CCCO1. The summed E-state index contributed by atoms with van der Waals surface area (Å²) in [6.45, 7) is 7.09. The van der Waals surface area contributed by atoms with Crippen LogP contribution in [0.1, 0.15) is 26.7 Å². The van der Waals surface area contributed by atoms with Gasteiger partial charge in [0.05, 0.1) is 6.10 Å². The van der Waals surface area contributed by atoms with Crippen LogP contribution in [0.4, 0.5) is 0 Å². The molecule has 0 aliphatic carbocycles. The Morgan fingerprint density at radius 3 is 2.85 bits per heavy atom. The van der Waals surface area contributed by atoms with Crippen molar-refractivity contribution in [3.8, 4) is 0 Å². The lowest BCUT2D eigenvalue weighted by Crippen LogP contribution is -2.40. The van der Waals surface area contributed by atoms with Crippen molar-refractivity contribution in [2.24, 2.45) is 11.7 Å². The molecule has 3 nitrogen and oxygen atoms in total. The minimum Gasteiger partial charge on any atom is -0.377 e. The second kappa shape index (κ2) is 5.58. The Hall–Kier alpha value is -0.120. The smallest absolute Gasteiger partial charge is 0.0700 e. The number of nitrogens with one attached hydrogen (secondary N) is 1. The molecule has 0 aromatic rings. The fourth-order valence-electron chi connectivity index (χ4n) is 1.45. The molecule has 0 aromatic carbocycles. The van der Waals surface area contributed by atoms with E-state index in [1.165, 1.54) is 12.8 Å². The maximum absolute atomic E-state index is 5.90. The van der Waals surface area contributed by atoms with Gasteiger partial charge in [-0.25, -0.2) is 0 Å². The highest BCUT2D eigenvalue weighted by Gasteiger charge is 2.15. The first kappa shape index (κ1) is 11.0. The first-order valence-corrected chi connectivity index (χ1v) is 5.28. The molecule has 1 fully saturated rings. The Labute approximate surface area is 81.0 Å². The van der Waals surface area contributed by atoms with Crippen molar-refractivity contribution in [1.82, 2.24) is 5.32 Å². The van der Waals surface area contributed by atoms with Gasteiger partial charge in [0.1, 0.15) is 0 Å². The van der Waals surface area contributed by atoms with Crippen LogP contribution in [0.25, 0.3) is 0 Å². The van der Waals surface area contributed by atoms with E-state index in [0.717, 1.165) is 19.7 Å². The Morgan fingerprint density at radius 1 is 1.54 bits per heavy atom. The van der Waals surface area contributed by atoms with E-state index in [1.54, 1.807) is 0 Å². The van der Waals surface area contributed by atoms with Crippen molar-refractivity contribution >= 4 is 0 Å². The molecule has 0 spiro atoms. The van der Waals surface area contributed by atoms with Crippen LogP contribution in [-0.2, 0) is 4.74 Å². The minimum absolute atomic E-state index is 0.265. The summed E-state index contributed by atoms with van der Waals surface area (Å²) in [6.07, 6.45) is 2.84. The highest BCUT2D eigenvalue weighted by Crippen LogP contribution is 2.10. The van der Waals surface area contributed by atoms with E-state index < -0.39 is 0 Å². The van der Waals surface area contributed by atoms with Crippen molar-refractivity contribution in [2.75, 3.05) is 19.7 Å². The highest BCUT2D eigenvalue weighted by atomic mass is 16.5. The van der Waals surface area contributed by atoms with Gasteiger partial charge in [-0.3, -0.25) is 0 Å². The average molecular weight is 186 g/mol. The van der Waals surface area contributed by atoms with E-state index in [2.05, 4.69) is 19.2 Å². The van der Waals surface area contributed by atoms with Crippen LogP contribution in [-0.4, -0.2) is 31.8 Å². The number of hydrogen-bond donors (Lipinski definition) is 2. The molecule has 1 aliphatic rings. The predicted molar refractivity (Wildman–Crippen MR) is 54.7 cm³/mol. The van der Waals surface area contributed by atoms with E-state index >= 15 is 0 Å². The highest BCUT2D eigenvalue weighted by molar-refractivity contribution is 4.72. The summed E-state index contributed by atoms with van der Waals surface area (Å²) >= 11 is 0. The number of ether oxygens (including phenoxy) is 1. The normalized spacial score (nSPS) is 25.4. The van der Waals surface area contributed by atoms with Gasteiger partial charge in [0.25, 0.3) is 0 Å². The molecule has 1 aliphatic heterocycles. The zero-order chi connectivity index (χ0) is 9.68. The summed E-state index contributed by atoms with van der Waals surface area (Å²) in [5.74, 6) is 0.553. The molecular formula is C10H22N2O. The molecule has 13 heavy (non-hydrogen) atoms. The maximum atomic E-state index is 5.90. The summed E-state index contributed by atoms with van der Waals surface area (Å²) in [7, 11) is 0. The van der Waals surface area contributed by atoms with Gasteiger partial charge in [0.15, 0.2) is 0 Å². The van der Waals surface area contributed by atoms with E-state index in [-0.39, 0.29) is 6.04 Å². The quantitative estimate of drug-likeness (QED) is 0.665. The van der Waals surface area contributed by atoms with Crippen molar-refractivity contribution < 1.29 is 4.74 Å². The summed E-state index contributed by atoms with van der Waals surface area (Å²) in [4.78, 5) is 0. The van der Waals surface area contributed by atoms with E-state index in [0.29, 0.717) is 12.0 Å². The number of hydrogen-bond acceptors (Lipinski definition) is 3. The second-order valence-corrected chi connectivity index (χ2v) is 4.20. The molecule has 3 N–H and O–H groups in total. The second-order valence-electron chi connectivity index (χ2n) is 4.20. The predicted octanol–water partition coefficient (Wildman–Crippen LogP) is 0.738. The van der Waals surface area contributed by atoms with Gasteiger partial charge in [0.2, 0.25) is 0 Å². The topological polar surface area (TPSA) is 47.3 Å². The van der Waals surface area contributed by atoms with Crippen LogP contribution in [0.3, 0.4) is 0 Å². The lowest BCUT2D eigenvalue weighted by Gasteiger charge is -2.17. The molecule has 0 saturated carbocycles. The molecule has 1 rings (SSSR count). The van der Waals surface area contributed by atoms with Crippen molar-refractivity contribution in [3.63, 3.8) is 0 Å². The zero-order valence-corrected chi connectivity index (χ0v) is 8.75. The fraction of sp³-hybridized carbons (Fsp3) is 1.00. The molecule has 0 radical (unpaired) electrons. The number of nitrogens with two attached hydrogens (primary N) is 1. The fourth-order valence-corrected chi connectivity index (χ4v) is 1.45. The molecule has 0 bridgehead atoms. The maximum Gasteiger partial charge on any atom is 0.0700 e. The van der Waals surface area contributed by atoms with Crippen LogP contribution in [0.15, 0.2) is 0 Å². The van der Waals surface area contributed by atoms with Crippen LogP contribution in [0, 0.1) is 5.92 Å². The molecule has 0 aromatic heterocycles. The third-order valence-corrected chi connectivity index (χ3v) is 2.63. The Morgan fingerprint density at radius 2 is 2.31 bits per heavy atom. The van der Waals surface area contributed by atoms with E-state index in [1.807, 2.05) is 0 Å². The van der Waals surface area contributed by atoms with Gasteiger partial charge in [-0.15, -0.1) is 0 Å². The monoisotopic (exact) mass is 186 g/mol. The first-order valence-electron chi connectivity index (χ1n) is 5.28. The molecule has 0 amide bonds. The average Bonchev–Trinajstić information content (AvgIpc) is 2.56. The molecule has 2 atom stereocenters. The number of rotatable bonds is 5. The van der Waals surface area contributed by atoms with Crippen LogP contribution in [0.2, 0.25) is 0 Å². The summed E-state index contributed by atoms with van der Waals surface area (Å²) in [6, 6.07) is 0.265. The molecule has 3 heteroatoms. The van der Waals surface area contributed by atoms with Gasteiger partial charge in [-0.2, -0.15) is 0 Å². The van der Waals surface area contributed by atoms with Gasteiger partial charge >= 0.3 is 0 Å². The van der Waals surface area contributed by atoms with Gasteiger partial charge in [-0.1, -0.05) is 13.8 Å². The van der Waals surface area contributed by atoms with Crippen molar-refractivity contribution in [3.05, 3.63) is 0 Å². The van der Waals surface area contributed by atoms with Crippen LogP contribution >= 0.6 is 0 Å². The van der Waals surface area contributed by atoms with Crippen molar-refractivity contribution in [2.45, 2.75) is 38.8 Å². The molecule has 1 heterocycles. The largest absolute Gasteiger partial charge is 0.377 e. The Balaban J connectivity index is 1.99. The van der Waals surface area contributed by atoms with Crippen LogP contribution < -0.4 is 11.1 Å². The molecule has 78 valence electrons. The summed E-state index contributed by atoms with van der Waals surface area (Å²) in [5.41, 5.74) is 5.90. The van der Waals surface area contributed by atoms with Crippen molar-refractivity contribution in [1.29, 1.82) is 0 Å². The molecule has 2 unspecified atom stereocenters. The third-order valence-electron chi connectivity index (χ3n) is 2.63. The summed E-state index contributed by atoms with van der Waals surface area (Å²) < 4.78 is 5.49. The Kier molecular flexibility index (Phi) is 4.70. The van der Waals surface area contributed by atoms with Gasteiger partial charge < -0.3 is 15.8 Å². The van der Waals surface area contributed by atoms with Crippen LogP contribution in [0.5, 0.6) is 0 Å². The molecular weight excluding hydrogens is 164 g/mol. The van der Waals surface area contributed by atoms with E-state index in [4.69, 9.17) is 10.5 Å².